The molecule has 1 aliphatic rings. The summed E-state index contributed by atoms with van der Waals surface area (Å²) in [5.41, 5.74) is -3.23. The number of benzene rings is 2. The topological polar surface area (TPSA) is 32.3 Å². The Morgan fingerprint density at radius 1 is 0.900 bits per heavy atom. The number of amides is 1. The number of hydrogen-bond donors (Lipinski definition) is 1. The molecular weight excluding hydrogens is 410 g/mol. The molecule has 1 heterocycles. The molecule has 0 atom stereocenters. The molecule has 0 aromatic heterocycles. The molecule has 0 aliphatic carbocycles. The molecule has 1 fully saturated rings. The van der Waals surface area contributed by atoms with Crippen molar-refractivity contribution < 1.29 is 31.1 Å². The summed E-state index contributed by atoms with van der Waals surface area (Å²) in [5, 5.41) is 3.18. The number of nitrogens with one attached hydrogen (secondary N) is 1. The van der Waals surface area contributed by atoms with E-state index in [2.05, 4.69) is 5.32 Å². The summed E-state index contributed by atoms with van der Waals surface area (Å²) in [6.07, 6.45) is -8.51. The molecule has 1 N–H and O–H groups in total. The van der Waals surface area contributed by atoms with E-state index in [1.54, 1.807) is 30.3 Å². The van der Waals surface area contributed by atoms with Gasteiger partial charge in [-0.25, -0.2) is 0 Å². The van der Waals surface area contributed by atoms with Gasteiger partial charge < -0.3 is 10.2 Å². The summed E-state index contributed by atoms with van der Waals surface area (Å²) in [7, 11) is 0. The van der Waals surface area contributed by atoms with Crippen LogP contribution in [-0.4, -0.2) is 25.5 Å². The van der Waals surface area contributed by atoms with Crippen LogP contribution in [0.3, 0.4) is 0 Å². The number of anilines is 1. The van der Waals surface area contributed by atoms with Gasteiger partial charge in [-0.1, -0.05) is 18.2 Å². The lowest BCUT2D eigenvalue weighted by Crippen LogP contribution is -2.39. The second-order valence-electron chi connectivity index (χ2n) is 7.24. The lowest BCUT2D eigenvalue weighted by Gasteiger charge is -2.30. The van der Waals surface area contributed by atoms with Crippen molar-refractivity contribution in [2.75, 3.05) is 24.5 Å². The smallest absolute Gasteiger partial charge is 0.317 e. The van der Waals surface area contributed by atoms with E-state index in [1.165, 1.54) is 4.90 Å². The Kier molecular flexibility index (Phi) is 6.40. The first-order chi connectivity index (χ1) is 14.1. The minimum atomic E-state index is -5.01. The molecule has 2 aromatic rings. The van der Waals surface area contributed by atoms with Gasteiger partial charge in [-0.05, 0) is 62.2 Å². The van der Waals surface area contributed by atoms with Crippen LogP contribution < -0.4 is 10.2 Å². The third-order valence-corrected chi connectivity index (χ3v) is 5.05. The largest absolute Gasteiger partial charge is 0.416 e. The van der Waals surface area contributed by atoms with Crippen LogP contribution in [0.5, 0.6) is 0 Å². The fourth-order valence-corrected chi connectivity index (χ4v) is 3.47. The second kappa shape index (κ2) is 8.67. The Morgan fingerprint density at radius 2 is 1.43 bits per heavy atom. The van der Waals surface area contributed by atoms with Gasteiger partial charge in [0.25, 0.3) is 5.91 Å². The summed E-state index contributed by atoms with van der Waals surface area (Å²) in [6.45, 7) is 1.69. The van der Waals surface area contributed by atoms with Gasteiger partial charge in [0.05, 0.1) is 11.1 Å². The van der Waals surface area contributed by atoms with Gasteiger partial charge in [0.2, 0.25) is 0 Å². The molecule has 0 radical (unpaired) electrons. The standard InChI is InChI=1S/C21H20F6N2O/c22-20(23,24)16-10-15(11-17(12-16)21(25,26)27)19(30)29(18-4-2-1-3-5-18)13-14-6-8-28-9-7-14/h1-5,10-12,14,28H,6-9,13H2. The molecule has 0 unspecified atom stereocenters. The highest BCUT2D eigenvalue weighted by atomic mass is 19.4. The summed E-state index contributed by atoms with van der Waals surface area (Å²) < 4.78 is 79.2. The van der Waals surface area contributed by atoms with E-state index in [9.17, 15) is 31.1 Å². The first-order valence-corrected chi connectivity index (χ1v) is 9.43. The highest BCUT2D eigenvalue weighted by Crippen LogP contribution is 2.37. The molecule has 1 amide bonds. The molecule has 30 heavy (non-hydrogen) atoms. The van der Waals surface area contributed by atoms with E-state index >= 15 is 0 Å². The maximum Gasteiger partial charge on any atom is 0.416 e. The maximum atomic E-state index is 13.2. The molecule has 1 saturated heterocycles. The number of alkyl halides is 6. The van der Waals surface area contributed by atoms with E-state index in [0.29, 0.717) is 17.8 Å². The minimum absolute atomic E-state index is 0.0242. The zero-order valence-corrected chi connectivity index (χ0v) is 15.9. The fourth-order valence-electron chi connectivity index (χ4n) is 3.47. The van der Waals surface area contributed by atoms with Crippen LogP contribution >= 0.6 is 0 Å². The van der Waals surface area contributed by atoms with Crippen LogP contribution in [0.4, 0.5) is 32.0 Å². The van der Waals surface area contributed by atoms with Gasteiger partial charge in [-0.2, -0.15) is 26.3 Å². The van der Waals surface area contributed by atoms with Gasteiger partial charge in [0.15, 0.2) is 0 Å². The summed E-state index contributed by atoms with van der Waals surface area (Å²) in [5.74, 6) is -0.806. The predicted molar refractivity (Wildman–Crippen MR) is 100 cm³/mol. The van der Waals surface area contributed by atoms with Crippen molar-refractivity contribution in [1.29, 1.82) is 0 Å². The zero-order chi connectivity index (χ0) is 21.9. The number of piperidine rings is 1. The van der Waals surface area contributed by atoms with Gasteiger partial charge in [0.1, 0.15) is 0 Å². The molecule has 0 bridgehead atoms. The quantitative estimate of drug-likeness (QED) is 0.662. The molecule has 0 saturated carbocycles. The van der Waals surface area contributed by atoms with Crippen molar-refractivity contribution in [3.8, 4) is 0 Å². The first-order valence-electron chi connectivity index (χ1n) is 9.43. The van der Waals surface area contributed by atoms with E-state index in [0.717, 1.165) is 25.9 Å². The van der Waals surface area contributed by atoms with Crippen LogP contribution in [0, 0.1) is 5.92 Å². The van der Waals surface area contributed by atoms with Gasteiger partial charge >= 0.3 is 12.4 Å². The summed E-state index contributed by atoms with van der Waals surface area (Å²) >= 11 is 0. The number of nitrogens with zero attached hydrogens (tertiary/aromatic N) is 1. The molecule has 1 aliphatic heterocycles. The van der Waals surface area contributed by atoms with E-state index < -0.39 is 35.0 Å². The Labute approximate surface area is 169 Å². The molecule has 9 heteroatoms. The number of hydrogen-bond acceptors (Lipinski definition) is 2. The van der Waals surface area contributed by atoms with Gasteiger partial charge in [-0.15, -0.1) is 0 Å². The predicted octanol–water partition coefficient (Wildman–Crippen LogP) is 5.37. The minimum Gasteiger partial charge on any atom is -0.317 e. The third kappa shape index (κ3) is 5.33. The monoisotopic (exact) mass is 430 g/mol. The lowest BCUT2D eigenvalue weighted by atomic mass is 9.96. The first kappa shape index (κ1) is 22.1. The highest BCUT2D eigenvalue weighted by Gasteiger charge is 2.38. The maximum absolute atomic E-state index is 13.2. The van der Waals surface area contributed by atoms with Crippen molar-refractivity contribution in [1.82, 2.24) is 5.32 Å². The van der Waals surface area contributed by atoms with Crippen molar-refractivity contribution in [3.05, 3.63) is 65.2 Å². The summed E-state index contributed by atoms with van der Waals surface area (Å²) in [4.78, 5) is 14.4. The molecule has 3 nitrogen and oxygen atoms in total. The van der Waals surface area contributed by atoms with Gasteiger partial charge in [0, 0.05) is 17.8 Å². The number of halogens is 6. The van der Waals surface area contributed by atoms with Crippen LogP contribution in [0.15, 0.2) is 48.5 Å². The number of para-hydroxylation sites is 1. The lowest BCUT2D eigenvalue weighted by molar-refractivity contribution is -0.143. The SMILES string of the molecule is O=C(c1cc(C(F)(F)F)cc(C(F)(F)F)c1)N(CC1CCNCC1)c1ccccc1. The Bertz CT molecular complexity index is 841. The van der Waals surface area contributed by atoms with E-state index in [-0.39, 0.29) is 18.5 Å². The zero-order valence-electron chi connectivity index (χ0n) is 15.9. The Hall–Kier alpha value is -2.55. The number of carbonyl (C=O) groups is 1. The Balaban J connectivity index is 2.02. The molecular formula is C21H20F6N2O. The number of rotatable bonds is 4. The van der Waals surface area contributed by atoms with Gasteiger partial charge in [-0.3, -0.25) is 4.79 Å². The molecule has 2 aromatic carbocycles. The Morgan fingerprint density at radius 3 is 1.93 bits per heavy atom. The second-order valence-corrected chi connectivity index (χ2v) is 7.24. The van der Waals surface area contributed by atoms with Crippen LogP contribution in [0.1, 0.15) is 34.3 Å². The van der Waals surface area contributed by atoms with E-state index in [1.807, 2.05) is 0 Å². The van der Waals surface area contributed by atoms with Crippen molar-refractivity contribution in [2.24, 2.45) is 5.92 Å². The van der Waals surface area contributed by atoms with Crippen molar-refractivity contribution in [2.45, 2.75) is 25.2 Å². The van der Waals surface area contributed by atoms with Crippen molar-refractivity contribution in [3.63, 3.8) is 0 Å². The number of carbonyl (C=O) groups excluding carboxylic acids is 1. The van der Waals surface area contributed by atoms with Crippen LogP contribution in [0.2, 0.25) is 0 Å². The van der Waals surface area contributed by atoms with Crippen LogP contribution in [0.25, 0.3) is 0 Å². The van der Waals surface area contributed by atoms with Crippen LogP contribution in [-0.2, 0) is 12.4 Å². The molecule has 3 rings (SSSR count). The molecule has 0 spiro atoms. The van der Waals surface area contributed by atoms with E-state index in [4.69, 9.17) is 0 Å². The van der Waals surface area contributed by atoms with Crippen molar-refractivity contribution >= 4 is 11.6 Å². The average molecular weight is 430 g/mol. The average Bonchev–Trinajstić information content (AvgIpc) is 2.71. The fraction of sp³-hybridized carbons (Fsp3) is 0.381. The third-order valence-electron chi connectivity index (χ3n) is 5.05. The highest BCUT2D eigenvalue weighted by molar-refractivity contribution is 6.06. The summed E-state index contributed by atoms with van der Waals surface area (Å²) in [6, 6.07) is 9.23. The molecule has 162 valence electrons. The normalized spacial score (nSPS) is 15.8.